The second-order valence-electron chi connectivity index (χ2n) is 5.04. The van der Waals surface area contributed by atoms with Gasteiger partial charge in [0.25, 0.3) is 0 Å². The van der Waals surface area contributed by atoms with Crippen molar-refractivity contribution in [3.63, 3.8) is 0 Å². The molecule has 2 aromatic rings. The van der Waals surface area contributed by atoms with E-state index in [-0.39, 0.29) is 0 Å². The van der Waals surface area contributed by atoms with Crippen molar-refractivity contribution in [3.8, 4) is 0 Å². The van der Waals surface area contributed by atoms with Crippen molar-refractivity contribution >= 4 is 70.2 Å². The Kier molecular flexibility index (Phi) is 8.61. The molecule has 25 heavy (non-hydrogen) atoms. The van der Waals surface area contributed by atoms with Gasteiger partial charge in [-0.05, 0) is 48.3 Å². The van der Waals surface area contributed by atoms with Crippen molar-refractivity contribution in [1.29, 1.82) is 0 Å². The lowest BCUT2D eigenvalue weighted by Crippen LogP contribution is -1.94. The number of anilines is 2. The van der Waals surface area contributed by atoms with Crippen molar-refractivity contribution in [1.82, 2.24) is 0 Å². The van der Waals surface area contributed by atoms with Crippen LogP contribution in [0.3, 0.4) is 0 Å². The quantitative estimate of drug-likeness (QED) is 0.359. The number of hydrogen-bond acceptors (Lipinski definition) is 7. The van der Waals surface area contributed by atoms with E-state index in [1.807, 2.05) is 0 Å². The maximum Gasteiger partial charge on any atom is 0.0591 e. The van der Waals surface area contributed by atoms with Crippen molar-refractivity contribution in [3.05, 3.63) is 24.3 Å². The molecule has 0 saturated heterocycles. The Morgan fingerprint density at radius 3 is 1.40 bits per heavy atom. The maximum atomic E-state index is 6.35. The largest absolute Gasteiger partial charge is 0.397 e. The number of thioether (sulfide) groups is 4. The first kappa shape index (κ1) is 21.1. The first-order valence-corrected chi connectivity index (χ1v) is 13.2. The predicted molar refractivity (Wildman–Crippen MR) is 122 cm³/mol. The van der Waals surface area contributed by atoms with Crippen LogP contribution in [0.5, 0.6) is 0 Å². The zero-order valence-corrected chi connectivity index (χ0v) is 19.0. The predicted octanol–water partition coefficient (Wildman–Crippen LogP) is 6.67. The molecular formula is C18H24N2S5. The third-order valence-electron chi connectivity index (χ3n) is 3.43. The van der Waals surface area contributed by atoms with Crippen LogP contribution in [0.2, 0.25) is 0 Å². The van der Waals surface area contributed by atoms with Crippen LogP contribution in [0.15, 0.2) is 53.6 Å². The average Bonchev–Trinajstić information content (AvgIpc) is 2.60. The Morgan fingerprint density at radius 1 is 0.680 bits per heavy atom. The van der Waals surface area contributed by atoms with E-state index in [9.17, 15) is 0 Å². The standard InChI is InChI=1S/C18H24N2S5/c1-5-23-15-9-12(10-16(18(15)20)24-6-2)25-11-7-13(21-3)17(19)14(8-11)22-4/h7-10H,5-6,19-20H2,1-4H3. The maximum absolute atomic E-state index is 6.35. The molecule has 0 saturated carbocycles. The summed E-state index contributed by atoms with van der Waals surface area (Å²) in [5.74, 6) is 2.04. The van der Waals surface area contributed by atoms with Gasteiger partial charge in [-0.2, -0.15) is 0 Å². The molecule has 0 unspecified atom stereocenters. The third kappa shape index (κ3) is 5.39. The highest BCUT2D eigenvalue weighted by Gasteiger charge is 2.12. The zero-order valence-electron chi connectivity index (χ0n) is 14.9. The number of nitrogens with two attached hydrogens (primary N) is 2. The van der Waals surface area contributed by atoms with E-state index in [1.54, 1.807) is 58.8 Å². The lowest BCUT2D eigenvalue weighted by atomic mass is 10.3. The fourth-order valence-corrected chi connectivity index (χ4v) is 6.43. The van der Waals surface area contributed by atoms with Crippen LogP contribution in [0.4, 0.5) is 11.4 Å². The fraction of sp³-hybridized carbons (Fsp3) is 0.333. The molecule has 4 N–H and O–H groups in total. The summed E-state index contributed by atoms with van der Waals surface area (Å²) in [7, 11) is 0. The van der Waals surface area contributed by atoms with Gasteiger partial charge in [-0.1, -0.05) is 25.6 Å². The van der Waals surface area contributed by atoms with Gasteiger partial charge >= 0.3 is 0 Å². The Morgan fingerprint density at radius 2 is 1.04 bits per heavy atom. The molecule has 2 rings (SSSR count). The van der Waals surface area contributed by atoms with Crippen molar-refractivity contribution in [2.45, 2.75) is 43.2 Å². The highest BCUT2D eigenvalue weighted by atomic mass is 32.2. The summed E-state index contributed by atoms with van der Waals surface area (Å²) in [4.78, 5) is 7.06. The van der Waals surface area contributed by atoms with Gasteiger partial charge in [0, 0.05) is 29.4 Å². The third-order valence-corrected chi connectivity index (χ3v) is 7.80. The van der Waals surface area contributed by atoms with Crippen LogP contribution in [-0.4, -0.2) is 24.0 Å². The van der Waals surface area contributed by atoms with Crippen LogP contribution in [0, 0.1) is 0 Å². The Balaban J connectivity index is 2.42. The van der Waals surface area contributed by atoms with Gasteiger partial charge in [0.1, 0.15) is 0 Å². The van der Waals surface area contributed by atoms with Crippen LogP contribution >= 0.6 is 58.8 Å². The molecule has 0 heterocycles. The Hall–Kier alpha value is -0.210. The molecule has 2 aromatic carbocycles. The summed E-state index contributed by atoms with van der Waals surface area (Å²) in [5, 5.41) is 0. The van der Waals surface area contributed by atoms with E-state index < -0.39 is 0 Å². The van der Waals surface area contributed by atoms with Gasteiger partial charge in [0.2, 0.25) is 0 Å². The van der Waals surface area contributed by atoms with Crippen molar-refractivity contribution in [2.75, 3.05) is 35.5 Å². The van der Waals surface area contributed by atoms with E-state index in [0.29, 0.717) is 0 Å². The molecular weight excluding hydrogens is 405 g/mol. The molecule has 0 amide bonds. The van der Waals surface area contributed by atoms with Gasteiger partial charge < -0.3 is 11.5 Å². The van der Waals surface area contributed by atoms with E-state index in [0.717, 1.165) is 32.7 Å². The second kappa shape index (κ2) is 10.2. The zero-order chi connectivity index (χ0) is 18.4. The summed E-state index contributed by atoms with van der Waals surface area (Å²) in [6.45, 7) is 4.32. The van der Waals surface area contributed by atoms with Gasteiger partial charge in [0.15, 0.2) is 0 Å². The minimum Gasteiger partial charge on any atom is -0.397 e. The number of nitrogen functional groups attached to an aromatic ring is 2. The molecule has 0 fully saturated rings. The molecule has 0 aliphatic heterocycles. The van der Waals surface area contributed by atoms with Crippen molar-refractivity contribution < 1.29 is 0 Å². The molecule has 0 aromatic heterocycles. The molecule has 2 nitrogen and oxygen atoms in total. The van der Waals surface area contributed by atoms with Gasteiger partial charge in [-0.25, -0.2) is 0 Å². The van der Waals surface area contributed by atoms with Gasteiger partial charge in [0.05, 0.1) is 11.4 Å². The molecule has 0 radical (unpaired) electrons. The summed E-state index contributed by atoms with van der Waals surface area (Å²) in [5.41, 5.74) is 14.4. The van der Waals surface area contributed by atoms with Crippen molar-refractivity contribution in [2.24, 2.45) is 0 Å². The minimum atomic E-state index is 0.881. The summed E-state index contributed by atoms with van der Waals surface area (Å²) in [6.07, 6.45) is 4.14. The molecule has 0 aliphatic carbocycles. The fourth-order valence-electron chi connectivity index (χ4n) is 2.30. The van der Waals surface area contributed by atoms with Crippen LogP contribution in [-0.2, 0) is 0 Å². The highest BCUT2D eigenvalue weighted by Crippen LogP contribution is 2.42. The van der Waals surface area contributed by atoms with Crippen LogP contribution in [0.25, 0.3) is 0 Å². The number of hydrogen-bond donors (Lipinski definition) is 2. The molecule has 0 atom stereocenters. The van der Waals surface area contributed by atoms with E-state index in [1.165, 1.54) is 19.6 Å². The molecule has 136 valence electrons. The number of rotatable bonds is 8. The first-order chi connectivity index (χ1) is 12.0. The summed E-state index contributed by atoms with van der Waals surface area (Å²) < 4.78 is 0. The molecule has 0 spiro atoms. The SMILES string of the molecule is CCSc1cc(Sc2cc(SC)c(N)c(SC)c2)cc(SCC)c1N. The summed E-state index contributed by atoms with van der Waals surface area (Å²) in [6, 6.07) is 8.78. The van der Waals surface area contributed by atoms with E-state index >= 15 is 0 Å². The highest BCUT2D eigenvalue weighted by molar-refractivity contribution is 8.01. The van der Waals surface area contributed by atoms with E-state index in [4.69, 9.17) is 11.5 Å². The second-order valence-corrected chi connectivity index (χ2v) is 10.5. The van der Waals surface area contributed by atoms with Crippen LogP contribution in [0.1, 0.15) is 13.8 Å². The molecule has 0 aliphatic rings. The number of benzene rings is 2. The first-order valence-electron chi connectivity index (χ1n) is 7.92. The minimum absolute atomic E-state index is 0.881. The topological polar surface area (TPSA) is 52.0 Å². The summed E-state index contributed by atoms with van der Waals surface area (Å²) >= 11 is 8.78. The molecule has 7 heteroatoms. The van der Waals surface area contributed by atoms with E-state index in [2.05, 4.69) is 50.6 Å². The van der Waals surface area contributed by atoms with Gasteiger partial charge in [-0.15, -0.1) is 47.0 Å². The monoisotopic (exact) mass is 428 g/mol. The smallest absolute Gasteiger partial charge is 0.0591 e. The van der Waals surface area contributed by atoms with Crippen LogP contribution < -0.4 is 11.5 Å². The molecule has 0 bridgehead atoms. The van der Waals surface area contributed by atoms with Gasteiger partial charge in [-0.3, -0.25) is 0 Å². The lowest BCUT2D eigenvalue weighted by Gasteiger charge is -2.14. The Labute approximate surface area is 172 Å². The average molecular weight is 429 g/mol. The Bertz CT molecular complexity index is 681. The lowest BCUT2D eigenvalue weighted by molar-refractivity contribution is 1.21. The normalized spacial score (nSPS) is 11.0.